The highest BCUT2D eigenvalue weighted by atomic mass is 32.2. The molecule has 7 heteroatoms. The summed E-state index contributed by atoms with van der Waals surface area (Å²) in [5.41, 5.74) is 1.02. The van der Waals surface area contributed by atoms with E-state index in [9.17, 15) is 8.42 Å². The van der Waals surface area contributed by atoms with Crippen molar-refractivity contribution in [3.63, 3.8) is 0 Å². The van der Waals surface area contributed by atoms with E-state index in [2.05, 4.69) is 17.6 Å². The topological polar surface area (TPSA) is 47.0 Å². The molecule has 0 aliphatic heterocycles. The van der Waals surface area contributed by atoms with Gasteiger partial charge in [-0.3, -0.25) is 0 Å². The van der Waals surface area contributed by atoms with Crippen LogP contribution in [0.25, 0.3) is 0 Å². The number of hydrogen-bond donors (Lipinski definition) is 1. The first-order valence-corrected chi connectivity index (χ1v) is 9.32. The van der Waals surface area contributed by atoms with E-state index in [1.54, 1.807) is 36.0 Å². The summed E-state index contributed by atoms with van der Waals surface area (Å²) in [4.78, 5) is 4.35. The maximum absolute atomic E-state index is 12.4. The molecule has 1 aromatic heterocycles. The number of hydrogen-bond acceptors (Lipinski definition) is 6. The Balaban J connectivity index is 2.44. The Morgan fingerprint density at radius 2 is 1.95 bits per heavy atom. The molecule has 1 aromatic carbocycles. The van der Waals surface area contributed by atoms with Crippen molar-refractivity contribution in [2.45, 2.75) is 32.3 Å². The van der Waals surface area contributed by atoms with Crippen LogP contribution in [0.15, 0.2) is 42.7 Å². The van der Waals surface area contributed by atoms with E-state index in [0.29, 0.717) is 5.03 Å². The lowest BCUT2D eigenvalue weighted by molar-refractivity contribution is 0.594. The van der Waals surface area contributed by atoms with Crippen LogP contribution in [0.4, 0.5) is 0 Å². The summed E-state index contributed by atoms with van der Waals surface area (Å²) in [7, 11) is -3.53. The van der Waals surface area contributed by atoms with Crippen LogP contribution in [0, 0.1) is 6.92 Å². The molecule has 0 radical (unpaired) electrons. The fraction of sp³-hybridized carbons (Fsp3) is 0.250. The highest BCUT2D eigenvalue weighted by Crippen LogP contribution is 2.35. The molecule has 19 heavy (non-hydrogen) atoms. The zero-order valence-electron chi connectivity index (χ0n) is 10.5. The average Bonchev–Trinajstić information content (AvgIpc) is 2.73. The van der Waals surface area contributed by atoms with Gasteiger partial charge in [0.2, 0.25) is 14.2 Å². The van der Waals surface area contributed by atoms with Crippen molar-refractivity contribution in [1.82, 2.24) is 4.98 Å². The molecule has 0 saturated heterocycles. The van der Waals surface area contributed by atoms with Gasteiger partial charge in [0.15, 0.2) is 0 Å². The average molecular weight is 332 g/mol. The van der Waals surface area contributed by atoms with Gasteiger partial charge in [-0.2, -0.15) is 0 Å². The second-order valence-corrected chi connectivity index (χ2v) is 8.92. The molecular formula is C12H13NO2S4. The number of thiazole rings is 1. The summed E-state index contributed by atoms with van der Waals surface area (Å²) in [5, 5.41) is 0.488. The van der Waals surface area contributed by atoms with Crippen LogP contribution in [0.2, 0.25) is 0 Å². The Labute approximate surface area is 126 Å². The van der Waals surface area contributed by atoms with Crippen molar-refractivity contribution >= 4 is 45.6 Å². The molecule has 0 spiro atoms. The Hall–Kier alpha value is -0.500. The largest absolute Gasteiger partial charge is 0.233 e. The molecular weight excluding hydrogens is 318 g/mol. The predicted molar refractivity (Wildman–Crippen MR) is 82.4 cm³/mol. The first-order chi connectivity index (χ1) is 8.95. The monoisotopic (exact) mass is 331 g/mol. The Morgan fingerprint density at radius 3 is 2.53 bits per heavy atom. The molecule has 0 aliphatic rings. The van der Waals surface area contributed by atoms with E-state index in [1.165, 1.54) is 11.3 Å². The van der Waals surface area contributed by atoms with Crippen LogP contribution in [0.3, 0.4) is 0 Å². The SMILES string of the molecule is CCSc1sc(S(=O)(=O)c2ccc(C)cc2)nc1S. The third-order valence-electron chi connectivity index (χ3n) is 2.40. The fourth-order valence-corrected chi connectivity index (χ4v) is 5.74. The highest BCUT2D eigenvalue weighted by molar-refractivity contribution is 8.02. The van der Waals surface area contributed by atoms with E-state index < -0.39 is 9.84 Å². The molecule has 0 amide bonds. The number of thiol groups is 1. The molecule has 0 aliphatic carbocycles. The standard InChI is InChI=1S/C12H13NO2S4/c1-3-17-11-10(16)13-12(18-11)19(14,15)9-6-4-8(2)5-7-9/h4-7,16H,3H2,1-2H3. The van der Waals surface area contributed by atoms with Crippen LogP contribution in [-0.2, 0) is 9.84 Å². The molecule has 3 nitrogen and oxygen atoms in total. The second-order valence-electron chi connectivity index (χ2n) is 3.84. The Bertz CT molecular complexity index is 674. The van der Waals surface area contributed by atoms with Crippen LogP contribution >= 0.6 is 35.7 Å². The van der Waals surface area contributed by atoms with E-state index in [1.807, 2.05) is 13.8 Å². The van der Waals surface area contributed by atoms with Crippen LogP contribution < -0.4 is 0 Å². The van der Waals surface area contributed by atoms with Crippen LogP contribution in [0.5, 0.6) is 0 Å². The van der Waals surface area contributed by atoms with E-state index in [-0.39, 0.29) is 9.24 Å². The minimum Gasteiger partial charge on any atom is -0.217 e. The van der Waals surface area contributed by atoms with Gasteiger partial charge in [0, 0.05) is 0 Å². The van der Waals surface area contributed by atoms with Crippen molar-refractivity contribution in [2.75, 3.05) is 5.75 Å². The molecule has 0 unspecified atom stereocenters. The second kappa shape index (κ2) is 5.87. The van der Waals surface area contributed by atoms with E-state index in [4.69, 9.17) is 0 Å². The van der Waals surface area contributed by atoms with Crippen molar-refractivity contribution in [2.24, 2.45) is 0 Å². The number of rotatable bonds is 4. The summed E-state index contributed by atoms with van der Waals surface area (Å²) in [6.45, 7) is 3.92. The van der Waals surface area contributed by atoms with Crippen molar-refractivity contribution < 1.29 is 8.42 Å². The van der Waals surface area contributed by atoms with Crippen molar-refractivity contribution in [3.8, 4) is 0 Å². The van der Waals surface area contributed by atoms with Gasteiger partial charge in [-0.25, -0.2) is 13.4 Å². The maximum atomic E-state index is 12.4. The van der Waals surface area contributed by atoms with Gasteiger partial charge < -0.3 is 0 Å². The molecule has 2 rings (SSSR count). The first-order valence-electron chi connectivity index (χ1n) is 5.59. The number of benzene rings is 1. The third kappa shape index (κ3) is 3.16. The van der Waals surface area contributed by atoms with E-state index in [0.717, 1.165) is 15.5 Å². The minimum absolute atomic E-state index is 0.109. The number of sulfone groups is 1. The van der Waals surface area contributed by atoms with Gasteiger partial charge in [0.1, 0.15) is 5.03 Å². The summed E-state index contributed by atoms with van der Waals surface area (Å²) in [6, 6.07) is 6.78. The molecule has 0 bridgehead atoms. The van der Waals surface area contributed by atoms with Gasteiger partial charge in [0.25, 0.3) is 0 Å². The van der Waals surface area contributed by atoms with Crippen molar-refractivity contribution in [1.29, 1.82) is 0 Å². The molecule has 2 aromatic rings. The molecule has 0 saturated carbocycles. The number of aryl methyl sites for hydroxylation is 1. The fourth-order valence-electron chi connectivity index (χ4n) is 1.44. The summed E-state index contributed by atoms with van der Waals surface area (Å²) >= 11 is 6.96. The zero-order chi connectivity index (χ0) is 14.0. The normalized spacial score (nSPS) is 11.7. The first kappa shape index (κ1) is 14.9. The zero-order valence-corrected chi connectivity index (χ0v) is 13.8. The summed E-state index contributed by atoms with van der Waals surface area (Å²) < 4.78 is 25.8. The lowest BCUT2D eigenvalue weighted by atomic mass is 10.2. The van der Waals surface area contributed by atoms with Gasteiger partial charge in [-0.1, -0.05) is 36.0 Å². The molecule has 1 heterocycles. The quantitative estimate of drug-likeness (QED) is 0.686. The highest BCUT2D eigenvalue weighted by Gasteiger charge is 2.23. The minimum atomic E-state index is -3.53. The van der Waals surface area contributed by atoms with Crippen LogP contribution in [0.1, 0.15) is 12.5 Å². The predicted octanol–water partition coefficient (Wildman–Crippen LogP) is 3.69. The van der Waals surface area contributed by atoms with Crippen LogP contribution in [-0.4, -0.2) is 19.2 Å². The van der Waals surface area contributed by atoms with Crippen molar-refractivity contribution in [3.05, 3.63) is 29.8 Å². The van der Waals surface area contributed by atoms with Gasteiger partial charge >= 0.3 is 0 Å². The Kier molecular flexibility index (Phi) is 4.60. The summed E-state index contributed by atoms with van der Waals surface area (Å²) in [5.74, 6) is 0.861. The molecule has 0 fully saturated rings. The van der Waals surface area contributed by atoms with Gasteiger partial charge in [-0.15, -0.1) is 24.4 Å². The third-order valence-corrected chi connectivity index (χ3v) is 7.37. The van der Waals surface area contributed by atoms with E-state index >= 15 is 0 Å². The lowest BCUT2D eigenvalue weighted by Crippen LogP contribution is -2.01. The lowest BCUT2D eigenvalue weighted by Gasteiger charge is -2.00. The van der Waals surface area contributed by atoms with Gasteiger partial charge in [0.05, 0.1) is 9.10 Å². The number of nitrogens with zero attached hydrogens (tertiary/aromatic N) is 1. The summed E-state index contributed by atoms with van der Waals surface area (Å²) in [6.07, 6.45) is 0. The molecule has 0 atom stereocenters. The van der Waals surface area contributed by atoms with Gasteiger partial charge in [-0.05, 0) is 24.8 Å². The molecule has 0 N–H and O–H groups in total. The number of aromatic nitrogens is 1. The number of thioether (sulfide) groups is 1. The maximum Gasteiger partial charge on any atom is 0.233 e. The smallest absolute Gasteiger partial charge is 0.217 e. The Morgan fingerprint density at radius 1 is 1.32 bits per heavy atom. The molecule has 102 valence electrons.